The van der Waals surface area contributed by atoms with Gasteiger partial charge in [0.15, 0.2) is 6.61 Å². The summed E-state index contributed by atoms with van der Waals surface area (Å²) >= 11 is 0. The van der Waals surface area contributed by atoms with Crippen LogP contribution in [0.3, 0.4) is 0 Å². The van der Waals surface area contributed by atoms with Crippen molar-refractivity contribution >= 4 is 5.91 Å². The molecule has 142 valence electrons. The van der Waals surface area contributed by atoms with Crippen LogP contribution in [-0.4, -0.2) is 12.5 Å². The summed E-state index contributed by atoms with van der Waals surface area (Å²) in [6.07, 6.45) is 0.991. The molecule has 28 heavy (non-hydrogen) atoms. The van der Waals surface area contributed by atoms with Gasteiger partial charge >= 0.3 is 0 Å². The molecule has 2 atom stereocenters. The van der Waals surface area contributed by atoms with Crippen molar-refractivity contribution < 1.29 is 14.3 Å². The van der Waals surface area contributed by atoms with Crippen molar-refractivity contribution in [3.8, 4) is 17.2 Å². The summed E-state index contributed by atoms with van der Waals surface area (Å²) in [7, 11) is 0. The molecule has 4 rings (SSSR count). The lowest BCUT2D eigenvalue weighted by atomic mass is 10.0. The smallest absolute Gasteiger partial charge is 0.258 e. The maximum atomic E-state index is 12.4. The van der Waals surface area contributed by atoms with Crippen molar-refractivity contribution in [2.75, 3.05) is 6.61 Å². The minimum Gasteiger partial charge on any atom is -0.484 e. The molecule has 0 spiro atoms. The van der Waals surface area contributed by atoms with Gasteiger partial charge in [-0.25, -0.2) is 0 Å². The largest absolute Gasteiger partial charge is 0.484 e. The zero-order valence-electron chi connectivity index (χ0n) is 15.8. The molecule has 4 heteroatoms. The molecule has 1 N–H and O–H groups in total. The van der Waals surface area contributed by atoms with Crippen molar-refractivity contribution in [1.29, 1.82) is 0 Å². The van der Waals surface area contributed by atoms with Crippen LogP contribution >= 0.6 is 0 Å². The molecule has 3 aromatic rings. The molecule has 4 nitrogen and oxygen atoms in total. The van der Waals surface area contributed by atoms with Gasteiger partial charge in [0.1, 0.15) is 17.2 Å². The van der Waals surface area contributed by atoms with Crippen LogP contribution in [0, 0.1) is 5.92 Å². The lowest BCUT2D eigenvalue weighted by Gasteiger charge is -2.19. The van der Waals surface area contributed by atoms with E-state index >= 15 is 0 Å². The van der Waals surface area contributed by atoms with Crippen LogP contribution in [0.2, 0.25) is 0 Å². The number of carbonyl (C=O) groups excluding carboxylic acids is 1. The van der Waals surface area contributed by atoms with Gasteiger partial charge in [-0.3, -0.25) is 4.79 Å². The Hall–Kier alpha value is -3.27. The molecule has 0 saturated heterocycles. The maximum absolute atomic E-state index is 12.4. The Morgan fingerprint density at radius 3 is 2.32 bits per heavy atom. The minimum atomic E-state index is -0.113. The van der Waals surface area contributed by atoms with Crippen LogP contribution in [-0.2, 0) is 11.2 Å². The molecule has 0 fully saturated rings. The average Bonchev–Trinajstić information content (AvgIpc) is 3.03. The van der Waals surface area contributed by atoms with E-state index in [2.05, 4.69) is 24.4 Å². The zero-order chi connectivity index (χ0) is 19.3. The molecule has 0 aromatic heterocycles. The topological polar surface area (TPSA) is 47.6 Å². The van der Waals surface area contributed by atoms with E-state index in [1.54, 1.807) is 12.1 Å². The van der Waals surface area contributed by atoms with E-state index in [1.807, 2.05) is 54.6 Å². The van der Waals surface area contributed by atoms with Gasteiger partial charge in [-0.2, -0.15) is 0 Å². The molecule has 1 amide bonds. The molecule has 1 aliphatic carbocycles. The van der Waals surface area contributed by atoms with E-state index in [-0.39, 0.29) is 18.6 Å². The number of fused-ring (bicyclic) bond motifs is 1. The second-order valence-corrected chi connectivity index (χ2v) is 7.10. The first kappa shape index (κ1) is 18.1. The summed E-state index contributed by atoms with van der Waals surface area (Å²) in [5.41, 5.74) is 2.53. The normalized spacial score (nSPS) is 17.6. The van der Waals surface area contributed by atoms with Crippen LogP contribution in [0.1, 0.15) is 24.1 Å². The van der Waals surface area contributed by atoms with Crippen molar-refractivity contribution in [3.63, 3.8) is 0 Å². The first-order valence-electron chi connectivity index (χ1n) is 9.52. The third-order valence-electron chi connectivity index (χ3n) is 4.99. The Bertz CT molecular complexity index is 938. The highest BCUT2D eigenvalue weighted by molar-refractivity contribution is 5.78. The number of amides is 1. The summed E-state index contributed by atoms with van der Waals surface area (Å²) in [6, 6.07) is 25.2. The molecule has 0 saturated carbocycles. The van der Waals surface area contributed by atoms with E-state index < -0.39 is 0 Å². The summed E-state index contributed by atoms with van der Waals surface area (Å²) in [4.78, 5) is 12.4. The van der Waals surface area contributed by atoms with E-state index in [0.717, 1.165) is 17.9 Å². The fourth-order valence-corrected chi connectivity index (χ4v) is 3.61. The summed E-state index contributed by atoms with van der Waals surface area (Å²) in [5.74, 6) is 2.41. The lowest BCUT2D eigenvalue weighted by molar-refractivity contribution is -0.124. The van der Waals surface area contributed by atoms with Gasteiger partial charge in [0.25, 0.3) is 5.91 Å². The third kappa shape index (κ3) is 4.17. The second-order valence-electron chi connectivity index (χ2n) is 7.10. The van der Waals surface area contributed by atoms with Crippen LogP contribution in [0.25, 0.3) is 0 Å². The number of ether oxygens (including phenoxy) is 2. The van der Waals surface area contributed by atoms with Gasteiger partial charge in [0.2, 0.25) is 0 Å². The van der Waals surface area contributed by atoms with Gasteiger partial charge in [-0.1, -0.05) is 49.4 Å². The second kappa shape index (κ2) is 8.17. The highest BCUT2D eigenvalue weighted by atomic mass is 16.5. The van der Waals surface area contributed by atoms with Gasteiger partial charge < -0.3 is 14.8 Å². The standard InChI is InChI=1S/C24H23NO3/c1-17-15-18-7-5-6-10-22(18)24(17)25-23(26)16-27-19-11-13-21(14-12-19)28-20-8-3-2-4-9-20/h2-14,17,24H,15-16H2,1H3,(H,25,26)/t17-,24-/m1/s1. The quantitative estimate of drug-likeness (QED) is 0.668. The van der Waals surface area contributed by atoms with Gasteiger partial charge in [0.05, 0.1) is 6.04 Å². The van der Waals surface area contributed by atoms with Gasteiger partial charge in [-0.05, 0) is 59.9 Å². The molecule has 3 aromatic carbocycles. The summed E-state index contributed by atoms with van der Waals surface area (Å²) in [6.45, 7) is 2.15. The Morgan fingerprint density at radius 2 is 1.54 bits per heavy atom. The predicted octanol–water partition coefficient (Wildman–Crippen LogP) is 4.91. The molecule has 0 aliphatic heterocycles. The Kier molecular flexibility index (Phi) is 5.29. The highest BCUT2D eigenvalue weighted by Crippen LogP contribution is 2.35. The average molecular weight is 373 g/mol. The number of para-hydroxylation sites is 1. The van der Waals surface area contributed by atoms with Gasteiger partial charge in [0, 0.05) is 0 Å². The molecule has 0 radical (unpaired) electrons. The van der Waals surface area contributed by atoms with Crippen LogP contribution in [0.5, 0.6) is 17.2 Å². The lowest BCUT2D eigenvalue weighted by Crippen LogP contribution is -2.34. The summed E-state index contributed by atoms with van der Waals surface area (Å²) in [5, 5.41) is 3.11. The van der Waals surface area contributed by atoms with Crippen LogP contribution in [0.4, 0.5) is 0 Å². The first-order chi connectivity index (χ1) is 13.7. The third-order valence-corrected chi connectivity index (χ3v) is 4.99. The van der Waals surface area contributed by atoms with E-state index in [0.29, 0.717) is 11.7 Å². The number of hydrogen-bond acceptors (Lipinski definition) is 3. The molecular formula is C24H23NO3. The van der Waals surface area contributed by atoms with Crippen molar-refractivity contribution in [1.82, 2.24) is 5.32 Å². The number of nitrogens with one attached hydrogen (secondary N) is 1. The maximum Gasteiger partial charge on any atom is 0.258 e. The SMILES string of the molecule is C[C@@H]1Cc2ccccc2[C@@H]1NC(=O)COc1ccc(Oc2ccccc2)cc1. The van der Waals surface area contributed by atoms with Crippen molar-refractivity contribution in [2.45, 2.75) is 19.4 Å². The summed E-state index contributed by atoms with van der Waals surface area (Å²) < 4.78 is 11.4. The number of rotatable bonds is 6. The fraction of sp³-hybridized carbons (Fsp3) is 0.208. The highest BCUT2D eigenvalue weighted by Gasteiger charge is 2.30. The Morgan fingerprint density at radius 1 is 0.893 bits per heavy atom. The number of carbonyl (C=O) groups is 1. The van der Waals surface area contributed by atoms with E-state index in [9.17, 15) is 4.79 Å². The molecule has 0 bridgehead atoms. The molecule has 1 aliphatic rings. The Labute approximate surface area is 165 Å². The molecule has 0 heterocycles. The number of benzene rings is 3. The monoisotopic (exact) mass is 373 g/mol. The van der Waals surface area contributed by atoms with Crippen molar-refractivity contribution in [3.05, 3.63) is 90.0 Å². The molecular weight excluding hydrogens is 350 g/mol. The van der Waals surface area contributed by atoms with Crippen molar-refractivity contribution in [2.24, 2.45) is 5.92 Å². The zero-order valence-corrected chi connectivity index (χ0v) is 15.8. The van der Waals surface area contributed by atoms with E-state index in [4.69, 9.17) is 9.47 Å². The van der Waals surface area contributed by atoms with Crippen LogP contribution < -0.4 is 14.8 Å². The predicted molar refractivity (Wildman–Crippen MR) is 109 cm³/mol. The Balaban J connectivity index is 1.30. The fourth-order valence-electron chi connectivity index (χ4n) is 3.61. The van der Waals surface area contributed by atoms with E-state index in [1.165, 1.54) is 11.1 Å². The number of hydrogen-bond donors (Lipinski definition) is 1. The molecule has 0 unspecified atom stereocenters. The minimum absolute atomic E-state index is 0.00965. The van der Waals surface area contributed by atoms with Gasteiger partial charge in [-0.15, -0.1) is 0 Å². The first-order valence-corrected chi connectivity index (χ1v) is 9.52. The van der Waals surface area contributed by atoms with Crippen LogP contribution in [0.15, 0.2) is 78.9 Å².